The van der Waals surface area contributed by atoms with Gasteiger partial charge in [-0.25, -0.2) is 4.39 Å². The van der Waals surface area contributed by atoms with E-state index < -0.39 is 0 Å². The average molecular weight is 312 g/mol. The van der Waals surface area contributed by atoms with Gasteiger partial charge in [-0.3, -0.25) is 0 Å². The van der Waals surface area contributed by atoms with Gasteiger partial charge < -0.3 is 4.90 Å². The molecular weight excluding hydrogens is 296 g/mol. The highest BCUT2D eigenvalue weighted by Crippen LogP contribution is 2.33. The smallest absolute Gasteiger partial charge is 0.128 e. The zero-order valence-corrected chi connectivity index (χ0v) is 12.9. The Morgan fingerprint density at radius 3 is 2.50 bits per heavy atom. The van der Waals surface area contributed by atoms with Crippen LogP contribution in [0.3, 0.4) is 0 Å². The van der Waals surface area contributed by atoms with Gasteiger partial charge in [-0.05, 0) is 30.7 Å². The Morgan fingerprint density at radius 2 is 1.90 bits per heavy atom. The number of halogens is 3. The van der Waals surface area contributed by atoms with Crippen molar-refractivity contribution in [2.24, 2.45) is 0 Å². The maximum atomic E-state index is 13.9. The molecule has 2 aromatic carbocycles. The van der Waals surface area contributed by atoms with E-state index in [0.29, 0.717) is 16.5 Å². The van der Waals surface area contributed by atoms with E-state index in [4.69, 9.17) is 23.2 Å². The molecule has 2 rings (SSSR count). The standard InChI is InChI=1S/C16H16Cl2FN/c1-11(13-5-3-4-6-15(13)19)20(2)16-8-7-12(10-17)9-14(16)18/h3-9,11H,10H2,1-2H3. The molecule has 1 unspecified atom stereocenters. The second-order valence-electron chi connectivity index (χ2n) is 4.73. The molecule has 106 valence electrons. The third kappa shape index (κ3) is 3.08. The van der Waals surface area contributed by atoms with Gasteiger partial charge in [0.15, 0.2) is 0 Å². The lowest BCUT2D eigenvalue weighted by molar-refractivity contribution is 0.585. The van der Waals surface area contributed by atoms with Crippen molar-refractivity contribution in [3.63, 3.8) is 0 Å². The SMILES string of the molecule is CC(c1ccccc1F)N(C)c1ccc(CCl)cc1Cl. The van der Waals surface area contributed by atoms with Crippen LogP contribution in [0.25, 0.3) is 0 Å². The molecule has 0 amide bonds. The summed E-state index contributed by atoms with van der Waals surface area (Å²) in [7, 11) is 1.90. The lowest BCUT2D eigenvalue weighted by Gasteiger charge is -2.28. The molecule has 0 aliphatic heterocycles. The van der Waals surface area contributed by atoms with Crippen molar-refractivity contribution < 1.29 is 4.39 Å². The number of benzene rings is 2. The summed E-state index contributed by atoms with van der Waals surface area (Å²) in [5.41, 5.74) is 2.47. The molecule has 4 heteroatoms. The molecule has 0 bridgehead atoms. The van der Waals surface area contributed by atoms with Crippen molar-refractivity contribution in [2.75, 3.05) is 11.9 Å². The lowest BCUT2D eigenvalue weighted by atomic mass is 10.1. The number of hydrogen-bond donors (Lipinski definition) is 0. The summed E-state index contributed by atoms with van der Waals surface area (Å²) < 4.78 is 13.9. The van der Waals surface area contributed by atoms with Crippen LogP contribution in [0.2, 0.25) is 5.02 Å². The van der Waals surface area contributed by atoms with Crippen LogP contribution >= 0.6 is 23.2 Å². The van der Waals surface area contributed by atoms with Crippen molar-refractivity contribution in [3.8, 4) is 0 Å². The van der Waals surface area contributed by atoms with Gasteiger partial charge >= 0.3 is 0 Å². The molecule has 0 fully saturated rings. The van der Waals surface area contributed by atoms with Gasteiger partial charge in [-0.1, -0.05) is 35.9 Å². The average Bonchev–Trinajstić information content (AvgIpc) is 2.46. The highest BCUT2D eigenvalue weighted by Gasteiger charge is 2.17. The first-order chi connectivity index (χ1) is 9.54. The first-order valence-corrected chi connectivity index (χ1v) is 7.27. The number of hydrogen-bond acceptors (Lipinski definition) is 1. The largest absolute Gasteiger partial charge is 0.367 e. The molecule has 1 nitrogen and oxygen atoms in total. The molecule has 0 saturated heterocycles. The van der Waals surface area contributed by atoms with Crippen molar-refractivity contribution in [3.05, 3.63) is 64.4 Å². The molecule has 0 saturated carbocycles. The number of alkyl halides is 1. The van der Waals surface area contributed by atoms with Crippen LogP contribution in [0.4, 0.5) is 10.1 Å². The minimum atomic E-state index is -0.208. The summed E-state index contributed by atoms with van der Waals surface area (Å²) in [4.78, 5) is 1.96. The molecule has 0 radical (unpaired) electrons. The molecular formula is C16H16Cl2FN. The molecule has 0 heterocycles. The van der Waals surface area contributed by atoms with E-state index in [1.807, 2.05) is 43.1 Å². The van der Waals surface area contributed by atoms with Crippen molar-refractivity contribution in [2.45, 2.75) is 18.8 Å². The Hall–Kier alpha value is -1.25. The van der Waals surface area contributed by atoms with Gasteiger partial charge in [-0.2, -0.15) is 0 Å². The molecule has 0 aliphatic rings. The van der Waals surface area contributed by atoms with E-state index in [0.717, 1.165) is 11.3 Å². The quantitative estimate of drug-likeness (QED) is 0.682. The monoisotopic (exact) mass is 311 g/mol. The second-order valence-corrected chi connectivity index (χ2v) is 5.40. The zero-order valence-electron chi connectivity index (χ0n) is 11.4. The molecule has 20 heavy (non-hydrogen) atoms. The van der Waals surface area contributed by atoms with Crippen LogP contribution in [0, 0.1) is 5.82 Å². The number of anilines is 1. The van der Waals surface area contributed by atoms with Crippen molar-refractivity contribution in [1.82, 2.24) is 0 Å². The third-order valence-corrected chi connectivity index (χ3v) is 4.09. The Kier molecular flexibility index (Phi) is 4.90. The van der Waals surface area contributed by atoms with Gasteiger partial charge in [0.05, 0.1) is 16.8 Å². The fraction of sp³-hybridized carbons (Fsp3) is 0.250. The van der Waals surface area contributed by atoms with Crippen LogP contribution < -0.4 is 4.90 Å². The molecule has 0 spiro atoms. The Bertz CT molecular complexity index is 601. The van der Waals surface area contributed by atoms with Crippen LogP contribution in [0.1, 0.15) is 24.1 Å². The van der Waals surface area contributed by atoms with Crippen LogP contribution in [-0.2, 0) is 5.88 Å². The van der Waals surface area contributed by atoms with Crippen LogP contribution in [-0.4, -0.2) is 7.05 Å². The molecule has 0 aliphatic carbocycles. The highest BCUT2D eigenvalue weighted by molar-refractivity contribution is 6.33. The zero-order chi connectivity index (χ0) is 14.7. The van der Waals surface area contributed by atoms with Crippen molar-refractivity contribution >= 4 is 28.9 Å². The first-order valence-electron chi connectivity index (χ1n) is 6.36. The van der Waals surface area contributed by atoms with Crippen LogP contribution in [0.5, 0.6) is 0 Å². The fourth-order valence-corrected chi connectivity index (χ4v) is 2.65. The molecule has 0 N–H and O–H groups in total. The van der Waals surface area contributed by atoms with Gasteiger partial charge in [-0.15, -0.1) is 11.6 Å². The van der Waals surface area contributed by atoms with Gasteiger partial charge in [0.25, 0.3) is 0 Å². The molecule has 1 atom stereocenters. The first kappa shape index (κ1) is 15.1. The second kappa shape index (κ2) is 6.47. The third-order valence-electron chi connectivity index (χ3n) is 3.48. The summed E-state index contributed by atoms with van der Waals surface area (Å²) in [6.45, 7) is 1.95. The Labute approximate surface area is 128 Å². The van der Waals surface area contributed by atoms with Crippen molar-refractivity contribution in [1.29, 1.82) is 0 Å². The summed E-state index contributed by atoms with van der Waals surface area (Å²) in [6, 6.07) is 12.4. The van der Waals surface area contributed by atoms with E-state index in [2.05, 4.69) is 0 Å². The maximum Gasteiger partial charge on any atom is 0.128 e. The van der Waals surface area contributed by atoms with Gasteiger partial charge in [0.1, 0.15) is 5.82 Å². The van der Waals surface area contributed by atoms with E-state index in [9.17, 15) is 4.39 Å². The molecule has 2 aromatic rings. The highest BCUT2D eigenvalue weighted by atomic mass is 35.5. The molecule has 0 aromatic heterocycles. The normalized spacial score (nSPS) is 12.2. The van der Waals surface area contributed by atoms with Crippen LogP contribution in [0.15, 0.2) is 42.5 Å². The Morgan fingerprint density at radius 1 is 1.20 bits per heavy atom. The van der Waals surface area contributed by atoms with Gasteiger partial charge in [0.2, 0.25) is 0 Å². The van der Waals surface area contributed by atoms with E-state index >= 15 is 0 Å². The van der Waals surface area contributed by atoms with E-state index in [-0.39, 0.29) is 11.9 Å². The van der Waals surface area contributed by atoms with E-state index in [1.54, 1.807) is 12.1 Å². The number of rotatable bonds is 4. The summed E-state index contributed by atoms with van der Waals surface area (Å²) in [6.07, 6.45) is 0. The van der Waals surface area contributed by atoms with E-state index in [1.165, 1.54) is 6.07 Å². The Balaban J connectivity index is 2.31. The predicted octanol–water partition coefficient (Wildman–Crippen LogP) is 5.42. The topological polar surface area (TPSA) is 3.24 Å². The summed E-state index contributed by atoms with van der Waals surface area (Å²) in [5.74, 6) is 0.215. The minimum absolute atomic E-state index is 0.115. The minimum Gasteiger partial charge on any atom is -0.367 e. The predicted molar refractivity (Wildman–Crippen MR) is 84.2 cm³/mol. The fourth-order valence-electron chi connectivity index (χ4n) is 2.15. The lowest BCUT2D eigenvalue weighted by Crippen LogP contribution is -2.22. The summed E-state index contributed by atoms with van der Waals surface area (Å²) in [5, 5.41) is 0.619. The maximum absolute atomic E-state index is 13.9. The summed E-state index contributed by atoms with van der Waals surface area (Å²) >= 11 is 12.1. The van der Waals surface area contributed by atoms with Gasteiger partial charge in [0, 0.05) is 18.5 Å². The number of nitrogens with zero attached hydrogens (tertiary/aromatic N) is 1.